The number of amides is 1. The van der Waals surface area contributed by atoms with Gasteiger partial charge in [-0.15, -0.1) is 12.4 Å². The number of nitrogens with zero attached hydrogens (tertiary/aromatic N) is 2. The molecule has 0 aliphatic heterocycles. The van der Waals surface area contributed by atoms with Gasteiger partial charge in [-0.25, -0.2) is 4.98 Å². The number of halogens is 1. The average molecular weight is 464 g/mol. The van der Waals surface area contributed by atoms with E-state index in [9.17, 15) is 14.4 Å². The van der Waals surface area contributed by atoms with Crippen LogP contribution in [0.2, 0.25) is 0 Å². The molecule has 4 N–H and O–H groups in total. The number of aromatic nitrogens is 3. The third-order valence-corrected chi connectivity index (χ3v) is 5.80. The number of fused-ring (bicyclic) bond motifs is 5. The summed E-state index contributed by atoms with van der Waals surface area (Å²) in [6.45, 7) is 0.423. The van der Waals surface area contributed by atoms with E-state index in [0.717, 1.165) is 11.3 Å². The van der Waals surface area contributed by atoms with Gasteiger partial charge >= 0.3 is 0 Å². The van der Waals surface area contributed by atoms with E-state index in [1.807, 2.05) is 24.3 Å². The van der Waals surface area contributed by atoms with Crippen molar-refractivity contribution in [3.8, 4) is 11.3 Å². The summed E-state index contributed by atoms with van der Waals surface area (Å²) in [6.07, 6.45) is 3.49. The van der Waals surface area contributed by atoms with E-state index in [1.54, 1.807) is 35.0 Å². The maximum Gasteiger partial charge on any atom is 0.259 e. The SMILES string of the molecule is Cl.N[C@H](Cc1cnc[nH]1)C(=O)NCCn1c2c(c3ccccc3c1=O)C(=O)c1ccccc1-2. The number of carbonyl (C=O) groups excluding carboxylic acids is 2. The summed E-state index contributed by atoms with van der Waals surface area (Å²) in [5.74, 6) is -0.410. The summed E-state index contributed by atoms with van der Waals surface area (Å²) in [5, 5.41) is 3.93. The molecular formula is C24H22ClN5O3. The lowest BCUT2D eigenvalue weighted by molar-refractivity contribution is -0.122. The number of rotatable bonds is 6. The number of pyridine rings is 1. The third-order valence-electron chi connectivity index (χ3n) is 5.80. The van der Waals surface area contributed by atoms with Crippen molar-refractivity contribution in [2.24, 2.45) is 5.73 Å². The Morgan fingerprint density at radius 1 is 1.06 bits per heavy atom. The molecule has 1 aliphatic carbocycles. The molecule has 0 bridgehead atoms. The summed E-state index contributed by atoms with van der Waals surface area (Å²) < 4.78 is 1.59. The number of nitrogens with one attached hydrogen (secondary N) is 2. The van der Waals surface area contributed by atoms with Crippen LogP contribution in [0.1, 0.15) is 21.6 Å². The smallest absolute Gasteiger partial charge is 0.259 e. The van der Waals surface area contributed by atoms with Crippen molar-refractivity contribution in [1.29, 1.82) is 0 Å². The van der Waals surface area contributed by atoms with Crippen LogP contribution < -0.4 is 16.6 Å². The lowest BCUT2D eigenvalue weighted by atomic mass is 10.0. The number of hydrogen-bond donors (Lipinski definition) is 3. The zero-order valence-corrected chi connectivity index (χ0v) is 18.4. The Bertz CT molecular complexity index is 1410. The van der Waals surface area contributed by atoms with Crippen LogP contribution in [0.15, 0.2) is 65.8 Å². The minimum absolute atomic E-state index is 0. The van der Waals surface area contributed by atoms with Gasteiger partial charge in [-0.3, -0.25) is 14.4 Å². The molecular weight excluding hydrogens is 442 g/mol. The van der Waals surface area contributed by atoms with Crippen molar-refractivity contribution in [3.05, 3.63) is 88.2 Å². The van der Waals surface area contributed by atoms with Crippen LogP contribution in [0.3, 0.4) is 0 Å². The molecule has 1 amide bonds. The van der Waals surface area contributed by atoms with Crippen LogP contribution in [0, 0.1) is 0 Å². The molecule has 2 aromatic heterocycles. The summed E-state index contributed by atoms with van der Waals surface area (Å²) in [4.78, 5) is 45.8. The van der Waals surface area contributed by atoms with Crippen molar-refractivity contribution in [2.75, 3.05) is 6.54 Å². The minimum atomic E-state index is -0.739. The van der Waals surface area contributed by atoms with E-state index in [2.05, 4.69) is 15.3 Å². The molecule has 4 aromatic rings. The Hall–Kier alpha value is -3.75. The Labute approximate surface area is 195 Å². The van der Waals surface area contributed by atoms with Crippen LogP contribution in [0.4, 0.5) is 0 Å². The fourth-order valence-corrected chi connectivity index (χ4v) is 4.29. The standard InChI is InChI=1S/C24H21N5O3.ClH/c25-19(11-14-12-26-13-28-14)23(31)27-9-10-29-21-16-6-2-3-7-17(16)22(30)20(21)15-5-1-4-8-18(15)24(29)32;/h1-8,12-13,19H,9-11,25H2,(H,26,28)(H,27,31);1H/t19-;/m1./s1. The molecule has 2 aromatic carbocycles. The molecule has 0 spiro atoms. The largest absolute Gasteiger partial charge is 0.353 e. The first-order valence-corrected chi connectivity index (χ1v) is 10.4. The van der Waals surface area contributed by atoms with E-state index in [-0.39, 0.29) is 42.7 Å². The molecule has 0 unspecified atom stereocenters. The average Bonchev–Trinajstić information content (AvgIpc) is 3.42. The van der Waals surface area contributed by atoms with Crippen LogP contribution >= 0.6 is 12.4 Å². The monoisotopic (exact) mass is 463 g/mol. The Morgan fingerprint density at radius 3 is 2.48 bits per heavy atom. The molecule has 2 heterocycles. The van der Waals surface area contributed by atoms with Crippen molar-refractivity contribution in [3.63, 3.8) is 0 Å². The maximum atomic E-state index is 13.3. The van der Waals surface area contributed by atoms with Crippen molar-refractivity contribution < 1.29 is 9.59 Å². The second kappa shape index (κ2) is 9.01. The number of carbonyl (C=O) groups is 2. The predicted molar refractivity (Wildman–Crippen MR) is 128 cm³/mol. The Morgan fingerprint density at radius 2 is 1.76 bits per heavy atom. The molecule has 9 heteroatoms. The predicted octanol–water partition coefficient (Wildman–Crippen LogP) is 2.04. The van der Waals surface area contributed by atoms with Crippen LogP contribution in [-0.4, -0.2) is 38.8 Å². The molecule has 1 atom stereocenters. The molecule has 33 heavy (non-hydrogen) atoms. The molecule has 168 valence electrons. The van der Waals surface area contributed by atoms with Crippen molar-refractivity contribution >= 4 is 34.9 Å². The third kappa shape index (κ3) is 3.83. The van der Waals surface area contributed by atoms with Gasteiger partial charge in [-0.05, 0) is 6.07 Å². The normalized spacial score (nSPS) is 12.7. The molecule has 1 aliphatic rings. The van der Waals surface area contributed by atoms with Crippen LogP contribution in [0.25, 0.3) is 22.0 Å². The van der Waals surface area contributed by atoms with Gasteiger partial charge in [0.1, 0.15) is 0 Å². The fourth-order valence-electron chi connectivity index (χ4n) is 4.29. The lowest BCUT2D eigenvalue weighted by Crippen LogP contribution is -2.43. The number of hydrogen-bond acceptors (Lipinski definition) is 5. The van der Waals surface area contributed by atoms with E-state index in [4.69, 9.17) is 5.73 Å². The lowest BCUT2D eigenvalue weighted by Gasteiger charge is -2.16. The molecule has 0 fully saturated rings. The Balaban J connectivity index is 0.00000259. The molecule has 5 rings (SSSR count). The van der Waals surface area contributed by atoms with Gasteiger partial charge < -0.3 is 20.6 Å². The van der Waals surface area contributed by atoms with E-state index in [0.29, 0.717) is 34.0 Å². The quantitative estimate of drug-likeness (QED) is 0.355. The number of benzene rings is 2. The van der Waals surface area contributed by atoms with Crippen LogP contribution in [-0.2, 0) is 17.8 Å². The van der Waals surface area contributed by atoms with Gasteiger partial charge in [-0.2, -0.15) is 0 Å². The number of aromatic amines is 1. The van der Waals surface area contributed by atoms with Gasteiger partial charge in [0.25, 0.3) is 5.56 Å². The minimum Gasteiger partial charge on any atom is -0.353 e. The second-order valence-electron chi connectivity index (χ2n) is 7.78. The molecule has 8 nitrogen and oxygen atoms in total. The summed E-state index contributed by atoms with van der Waals surface area (Å²) >= 11 is 0. The van der Waals surface area contributed by atoms with Gasteiger partial charge in [0.15, 0.2) is 5.78 Å². The first-order valence-electron chi connectivity index (χ1n) is 10.4. The fraction of sp³-hybridized carbons (Fsp3) is 0.167. The number of H-pyrrole nitrogens is 1. The van der Waals surface area contributed by atoms with Crippen molar-refractivity contribution in [1.82, 2.24) is 19.9 Å². The molecule has 0 saturated carbocycles. The number of nitrogens with two attached hydrogens (primary N) is 1. The summed E-state index contributed by atoms with van der Waals surface area (Å²) in [7, 11) is 0. The van der Waals surface area contributed by atoms with Gasteiger partial charge in [-0.1, -0.05) is 42.5 Å². The second-order valence-corrected chi connectivity index (χ2v) is 7.78. The Kier molecular flexibility index (Phi) is 6.13. The van der Waals surface area contributed by atoms with E-state index >= 15 is 0 Å². The van der Waals surface area contributed by atoms with E-state index in [1.165, 1.54) is 6.33 Å². The highest BCUT2D eigenvalue weighted by Crippen LogP contribution is 2.38. The van der Waals surface area contributed by atoms with Gasteiger partial charge in [0, 0.05) is 53.3 Å². The van der Waals surface area contributed by atoms with Gasteiger partial charge in [0.2, 0.25) is 5.91 Å². The van der Waals surface area contributed by atoms with E-state index < -0.39 is 6.04 Å². The first-order chi connectivity index (χ1) is 15.6. The van der Waals surface area contributed by atoms with Gasteiger partial charge in [0.05, 0.1) is 23.6 Å². The first kappa shape index (κ1) is 22.4. The number of ketones is 1. The number of imidazole rings is 1. The summed E-state index contributed by atoms with van der Waals surface area (Å²) in [6, 6.07) is 13.7. The maximum absolute atomic E-state index is 13.3. The molecule has 0 saturated heterocycles. The topological polar surface area (TPSA) is 123 Å². The zero-order valence-electron chi connectivity index (χ0n) is 17.6. The molecule has 0 radical (unpaired) electrons. The highest BCUT2D eigenvalue weighted by molar-refractivity contribution is 6.26. The summed E-state index contributed by atoms with van der Waals surface area (Å²) in [5.41, 5.74) is 9.01. The highest BCUT2D eigenvalue weighted by Gasteiger charge is 2.32. The zero-order chi connectivity index (χ0) is 22.2. The van der Waals surface area contributed by atoms with Crippen LogP contribution in [0.5, 0.6) is 0 Å². The highest BCUT2D eigenvalue weighted by atomic mass is 35.5. The van der Waals surface area contributed by atoms with Crippen molar-refractivity contribution in [2.45, 2.75) is 19.0 Å².